The third-order valence-corrected chi connectivity index (χ3v) is 2.69. The fourth-order valence-electron chi connectivity index (χ4n) is 1.75. The lowest BCUT2D eigenvalue weighted by atomic mass is 10.3. The molecule has 0 bridgehead atoms. The molecule has 0 saturated heterocycles. The fourth-order valence-corrected chi connectivity index (χ4v) is 1.75. The Balaban J connectivity index is 2.14. The Bertz CT molecular complexity index is 609. The third kappa shape index (κ3) is 3.11. The molecule has 2 heterocycles. The number of carboxylic acids is 1. The molecule has 0 aliphatic carbocycles. The maximum atomic E-state index is 11.1. The van der Waals surface area contributed by atoms with E-state index in [0.717, 1.165) is 13.0 Å². The maximum Gasteiger partial charge on any atom is 0.358 e. The second-order valence-corrected chi connectivity index (χ2v) is 4.29. The van der Waals surface area contributed by atoms with Gasteiger partial charge in [-0.1, -0.05) is 6.92 Å². The minimum absolute atomic E-state index is 0.0912. The van der Waals surface area contributed by atoms with Gasteiger partial charge in [0.05, 0.1) is 0 Å². The van der Waals surface area contributed by atoms with Crippen LogP contribution >= 0.6 is 0 Å². The van der Waals surface area contributed by atoms with E-state index in [-0.39, 0.29) is 18.1 Å². The average Bonchev–Trinajstić information content (AvgIpc) is 2.85. The predicted octanol–water partition coefficient (Wildman–Crippen LogP) is 1.67. The van der Waals surface area contributed by atoms with Crippen LogP contribution in [0, 0.1) is 6.92 Å². The Morgan fingerprint density at radius 1 is 1.45 bits per heavy atom. The highest BCUT2D eigenvalue weighted by molar-refractivity contribution is 5.88. The molecule has 7 heteroatoms. The number of carbonyl (C=O) groups is 1. The van der Waals surface area contributed by atoms with Crippen LogP contribution < -0.4 is 4.74 Å². The molecule has 106 valence electrons. The zero-order valence-electron chi connectivity index (χ0n) is 11.4. The summed E-state index contributed by atoms with van der Waals surface area (Å²) < 4.78 is 7.26. The standard InChI is InChI=1S/C13H16N4O3/c1-3-6-17-11(14-8-15-17)7-20-10-5-4-9(2)16-12(10)13(18)19/h4-5,8H,3,6-7H2,1-2H3,(H,18,19). The van der Waals surface area contributed by atoms with Gasteiger partial charge in [-0.3, -0.25) is 0 Å². The third-order valence-electron chi connectivity index (χ3n) is 2.69. The van der Waals surface area contributed by atoms with Gasteiger partial charge in [0.1, 0.15) is 12.9 Å². The Hall–Kier alpha value is -2.44. The van der Waals surface area contributed by atoms with Crippen molar-refractivity contribution in [1.82, 2.24) is 19.7 Å². The van der Waals surface area contributed by atoms with Gasteiger partial charge in [0.15, 0.2) is 17.3 Å². The van der Waals surface area contributed by atoms with Crippen LogP contribution in [0.4, 0.5) is 0 Å². The van der Waals surface area contributed by atoms with Gasteiger partial charge >= 0.3 is 5.97 Å². The predicted molar refractivity (Wildman–Crippen MR) is 70.6 cm³/mol. The van der Waals surface area contributed by atoms with Crippen LogP contribution in [0.2, 0.25) is 0 Å². The van der Waals surface area contributed by atoms with Crippen molar-refractivity contribution in [2.45, 2.75) is 33.4 Å². The summed E-state index contributed by atoms with van der Waals surface area (Å²) in [6.45, 7) is 4.68. The van der Waals surface area contributed by atoms with E-state index in [0.29, 0.717) is 11.5 Å². The number of hydrogen-bond acceptors (Lipinski definition) is 5. The van der Waals surface area contributed by atoms with Crippen LogP contribution in [0.1, 0.15) is 35.4 Å². The van der Waals surface area contributed by atoms with E-state index in [1.807, 2.05) is 6.92 Å². The lowest BCUT2D eigenvalue weighted by molar-refractivity contribution is 0.0684. The molecule has 0 unspecified atom stereocenters. The van der Waals surface area contributed by atoms with Crippen molar-refractivity contribution < 1.29 is 14.6 Å². The minimum atomic E-state index is -1.11. The van der Waals surface area contributed by atoms with E-state index in [1.165, 1.54) is 6.33 Å². The van der Waals surface area contributed by atoms with Crippen LogP contribution in [0.5, 0.6) is 5.75 Å². The number of aromatic carboxylic acids is 1. The Morgan fingerprint density at radius 3 is 2.95 bits per heavy atom. The van der Waals surface area contributed by atoms with Gasteiger partial charge in [-0.25, -0.2) is 19.4 Å². The second-order valence-electron chi connectivity index (χ2n) is 4.29. The molecule has 2 aromatic rings. The molecule has 0 spiro atoms. The topological polar surface area (TPSA) is 90.1 Å². The Labute approximate surface area is 116 Å². The number of pyridine rings is 1. The summed E-state index contributed by atoms with van der Waals surface area (Å²) in [5.41, 5.74) is 0.537. The number of aryl methyl sites for hydroxylation is 2. The van der Waals surface area contributed by atoms with E-state index >= 15 is 0 Å². The van der Waals surface area contributed by atoms with Crippen LogP contribution in [0.25, 0.3) is 0 Å². The summed E-state index contributed by atoms with van der Waals surface area (Å²) in [7, 11) is 0. The van der Waals surface area contributed by atoms with Gasteiger partial charge in [0.25, 0.3) is 0 Å². The van der Waals surface area contributed by atoms with Crippen LogP contribution in [-0.4, -0.2) is 30.8 Å². The lowest BCUT2D eigenvalue weighted by Gasteiger charge is -2.09. The van der Waals surface area contributed by atoms with Gasteiger partial charge in [-0.05, 0) is 25.5 Å². The van der Waals surface area contributed by atoms with Crippen LogP contribution in [-0.2, 0) is 13.2 Å². The SMILES string of the molecule is CCCn1ncnc1COc1ccc(C)nc1C(=O)O. The molecule has 0 fully saturated rings. The first kappa shape index (κ1) is 14.0. The molecule has 0 radical (unpaired) electrons. The molecule has 2 aromatic heterocycles. The van der Waals surface area contributed by atoms with E-state index in [4.69, 9.17) is 9.84 Å². The van der Waals surface area contributed by atoms with E-state index in [2.05, 4.69) is 15.1 Å². The highest BCUT2D eigenvalue weighted by Crippen LogP contribution is 2.18. The van der Waals surface area contributed by atoms with Crippen molar-refractivity contribution in [3.8, 4) is 5.75 Å². The van der Waals surface area contributed by atoms with E-state index in [1.54, 1.807) is 23.7 Å². The summed E-state index contributed by atoms with van der Waals surface area (Å²) in [5.74, 6) is -0.225. The maximum absolute atomic E-state index is 11.1. The zero-order valence-corrected chi connectivity index (χ0v) is 11.4. The lowest BCUT2D eigenvalue weighted by Crippen LogP contribution is -2.11. The molecule has 20 heavy (non-hydrogen) atoms. The van der Waals surface area contributed by atoms with Crippen molar-refractivity contribution in [3.05, 3.63) is 35.7 Å². The van der Waals surface area contributed by atoms with Gasteiger partial charge in [0.2, 0.25) is 0 Å². The number of aromatic nitrogens is 4. The van der Waals surface area contributed by atoms with Crippen LogP contribution in [0.15, 0.2) is 18.5 Å². The quantitative estimate of drug-likeness (QED) is 0.863. The minimum Gasteiger partial charge on any atom is -0.483 e. The number of hydrogen-bond donors (Lipinski definition) is 1. The summed E-state index contributed by atoms with van der Waals surface area (Å²) >= 11 is 0. The molecule has 1 N–H and O–H groups in total. The molecule has 0 saturated carbocycles. The summed E-state index contributed by atoms with van der Waals surface area (Å²) in [6.07, 6.45) is 2.39. The second kappa shape index (κ2) is 6.14. The van der Waals surface area contributed by atoms with Gasteiger partial charge in [-0.15, -0.1) is 0 Å². The molecular formula is C13H16N4O3. The molecule has 0 aliphatic heterocycles. The average molecular weight is 276 g/mol. The number of ether oxygens (including phenoxy) is 1. The Kier molecular flexibility index (Phi) is 4.29. The van der Waals surface area contributed by atoms with Crippen molar-refractivity contribution in [2.24, 2.45) is 0 Å². The number of carboxylic acid groups (broad SMARTS) is 1. The summed E-state index contributed by atoms with van der Waals surface area (Å²) in [5, 5.41) is 13.2. The molecule has 0 aromatic carbocycles. The van der Waals surface area contributed by atoms with Gasteiger partial charge < -0.3 is 9.84 Å². The van der Waals surface area contributed by atoms with Gasteiger partial charge in [-0.2, -0.15) is 5.10 Å². The molecule has 7 nitrogen and oxygen atoms in total. The van der Waals surface area contributed by atoms with E-state index in [9.17, 15) is 4.79 Å². The first-order chi connectivity index (χ1) is 9.61. The molecule has 0 aliphatic rings. The van der Waals surface area contributed by atoms with Crippen molar-refractivity contribution in [3.63, 3.8) is 0 Å². The van der Waals surface area contributed by atoms with Crippen molar-refractivity contribution >= 4 is 5.97 Å². The summed E-state index contributed by atoms with van der Waals surface area (Å²) in [6, 6.07) is 3.31. The monoisotopic (exact) mass is 276 g/mol. The Morgan fingerprint density at radius 2 is 2.25 bits per heavy atom. The van der Waals surface area contributed by atoms with Crippen molar-refractivity contribution in [2.75, 3.05) is 0 Å². The largest absolute Gasteiger partial charge is 0.483 e. The van der Waals surface area contributed by atoms with E-state index < -0.39 is 5.97 Å². The normalized spacial score (nSPS) is 10.5. The number of rotatable bonds is 6. The first-order valence-electron chi connectivity index (χ1n) is 6.32. The fraction of sp³-hybridized carbons (Fsp3) is 0.385. The molecular weight excluding hydrogens is 260 g/mol. The smallest absolute Gasteiger partial charge is 0.358 e. The highest BCUT2D eigenvalue weighted by atomic mass is 16.5. The summed E-state index contributed by atoms with van der Waals surface area (Å²) in [4.78, 5) is 19.2. The molecule has 0 amide bonds. The van der Waals surface area contributed by atoms with Crippen LogP contribution in [0.3, 0.4) is 0 Å². The molecule has 0 atom stereocenters. The molecule has 2 rings (SSSR count). The highest BCUT2D eigenvalue weighted by Gasteiger charge is 2.14. The first-order valence-corrected chi connectivity index (χ1v) is 6.32. The van der Waals surface area contributed by atoms with Gasteiger partial charge in [0, 0.05) is 12.2 Å². The zero-order chi connectivity index (χ0) is 14.5. The van der Waals surface area contributed by atoms with Crippen molar-refractivity contribution in [1.29, 1.82) is 0 Å². The number of nitrogens with zero attached hydrogens (tertiary/aromatic N) is 4.